The Labute approximate surface area is 127 Å². The van der Waals surface area contributed by atoms with Crippen molar-refractivity contribution in [2.24, 2.45) is 0 Å². The van der Waals surface area contributed by atoms with Gasteiger partial charge in [-0.05, 0) is 36.4 Å². The summed E-state index contributed by atoms with van der Waals surface area (Å²) in [6, 6.07) is 8.26. The zero-order valence-corrected chi connectivity index (χ0v) is 12.6. The largest absolute Gasteiger partial charge is 0.497 e. The first kappa shape index (κ1) is 15.2. The Balaban J connectivity index is 2.63. The topological polar surface area (TPSA) is 9.23 Å². The molecule has 0 aliphatic rings. The van der Waals surface area contributed by atoms with Crippen LogP contribution in [0, 0.1) is 0 Å². The minimum Gasteiger partial charge on any atom is -0.497 e. The first-order valence-electron chi connectivity index (χ1n) is 5.53. The first-order chi connectivity index (χ1) is 9.32. The highest BCUT2D eigenvalue weighted by molar-refractivity contribution is 9.10. The van der Waals surface area contributed by atoms with Gasteiger partial charge in [0.05, 0.1) is 12.7 Å². The highest BCUT2D eigenvalue weighted by Gasteiger charge is 2.31. The Kier molecular flexibility index (Phi) is 4.30. The number of benzene rings is 2. The summed E-state index contributed by atoms with van der Waals surface area (Å²) in [6.45, 7) is 0. The van der Waals surface area contributed by atoms with E-state index >= 15 is 0 Å². The molecule has 0 heterocycles. The van der Waals surface area contributed by atoms with Crippen LogP contribution in [0.2, 0.25) is 5.02 Å². The van der Waals surface area contributed by atoms with Crippen molar-refractivity contribution in [3.8, 4) is 16.9 Å². The lowest BCUT2D eigenvalue weighted by molar-refractivity contribution is -0.137. The third-order valence-corrected chi connectivity index (χ3v) is 3.78. The summed E-state index contributed by atoms with van der Waals surface area (Å²) in [6.07, 6.45) is -4.41. The molecule has 0 bridgehead atoms. The van der Waals surface area contributed by atoms with Crippen molar-refractivity contribution in [1.29, 1.82) is 0 Å². The fourth-order valence-corrected chi connectivity index (χ4v) is 2.43. The summed E-state index contributed by atoms with van der Waals surface area (Å²) < 4.78 is 44.1. The van der Waals surface area contributed by atoms with E-state index in [4.69, 9.17) is 16.3 Å². The maximum Gasteiger partial charge on any atom is 0.416 e. The summed E-state index contributed by atoms with van der Waals surface area (Å²) in [5, 5.41) is 0.243. The molecule has 0 radical (unpaired) electrons. The van der Waals surface area contributed by atoms with Crippen LogP contribution in [0.15, 0.2) is 40.9 Å². The third kappa shape index (κ3) is 3.10. The predicted octanol–water partition coefficient (Wildman–Crippen LogP) is 5.80. The first-order valence-corrected chi connectivity index (χ1v) is 6.70. The minimum absolute atomic E-state index is 0.243. The molecule has 0 amide bonds. The van der Waals surface area contributed by atoms with Crippen molar-refractivity contribution in [3.05, 3.63) is 51.5 Å². The molecule has 0 aromatic heterocycles. The highest BCUT2D eigenvalue weighted by atomic mass is 79.9. The van der Waals surface area contributed by atoms with Gasteiger partial charge in [0.25, 0.3) is 0 Å². The number of ether oxygens (including phenoxy) is 1. The van der Waals surface area contributed by atoms with Crippen LogP contribution in [0.5, 0.6) is 5.75 Å². The van der Waals surface area contributed by atoms with Crippen molar-refractivity contribution in [2.75, 3.05) is 7.11 Å². The van der Waals surface area contributed by atoms with Gasteiger partial charge in [0.15, 0.2) is 0 Å². The summed E-state index contributed by atoms with van der Waals surface area (Å²) in [7, 11) is 1.49. The molecule has 0 saturated heterocycles. The standard InChI is InChI=1S/C14H9BrClF3O/c1-20-9-3-4-12(15)10(7-9)11-6-8(14(17,18)19)2-5-13(11)16/h2-7H,1H3. The van der Waals surface area contributed by atoms with Gasteiger partial charge >= 0.3 is 6.18 Å². The molecule has 0 spiro atoms. The number of rotatable bonds is 2. The van der Waals surface area contributed by atoms with Crippen molar-refractivity contribution in [3.63, 3.8) is 0 Å². The number of halogens is 5. The molecule has 0 aliphatic carbocycles. The lowest BCUT2D eigenvalue weighted by Gasteiger charge is -2.13. The average molecular weight is 366 g/mol. The van der Waals surface area contributed by atoms with Crippen molar-refractivity contribution >= 4 is 27.5 Å². The van der Waals surface area contributed by atoms with E-state index in [1.165, 1.54) is 13.2 Å². The molecule has 0 unspecified atom stereocenters. The Hall–Kier alpha value is -1.20. The van der Waals surface area contributed by atoms with Gasteiger partial charge in [0.1, 0.15) is 5.75 Å². The molecule has 6 heteroatoms. The van der Waals surface area contributed by atoms with Gasteiger partial charge in [0.2, 0.25) is 0 Å². The van der Waals surface area contributed by atoms with Crippen molar-refractivity contribution in [2.45, 2.75) is 6.18 Å². The summed E-state index contributed by atoms with van der Waals surface area (Å²) >= 11 is 9.33. The highest BCUT2D eigenvalue weighted by Crippen LogP contribution is 2.39. The molecule has 1 nitrogen and oxygen atoms in total. The van der Waals surface area contributed by atoms with Crippen LogP contribution in [0.4, 0.5) is 13.2 Å². The molecule has 2 aromatic carbocycles. The summed E-state index contributed by atoms with van der Waals surface area (Å²) in [4.78, 5) is 0. The smallest absolute Gasteiger partial charge is 0.416 e. The van der Waals surface area contributed by atoms with E-state index in [9.17, 15) is 13.2 Å². The van der Waals surface area contributed by atoms with Gasteiger partial charge < -0.3 is 4.74 Å². The van der Waals surface area contributed by atoms with E-state index in [-0.39, 0.29) is 5.02 Å². The fourth-order valence-electron chi connectivity index (χ4n) is 1.75. The quantitative estimate of drug-likeness (QED) is 0.654. The summed E-state index contributed by atoms with van der Waals surface area (Å²) in [5.74, 6) is 0.539. The Morgan fingerprint density at radius 1 is 1.05 bits per heavy atom. The predicted molar refractivity (Wildman–Crippen MR) is 76.1 cm³/mol. The molecule has 0 aliphatic heterocycles. The zero-order valence-electron chi connectivity index (χ0n) is 10.3. The van der Waals surface area contributed by atoms with E-state index in [0.717, 1.165) is 12.1 Å². The van der Waals surface area contributed by atoms with Gasteiger partial charge in [-0.2, -0.15) is 13.2 Å². The molecule has 0 atom stereocenters. The Morgan fingerprint density at radius 3 is 2.35 bits per heavy atom. The van der Waals surface area contributed by atoms with Crippen LogP contribution >= 0.6 is 27.5 Å². The summed E-state index contributed by atoms with van der Waals surface area (Å²) in [5.41, 5.74) is 0.0966. The fraction of sp³-hybridized carbons (Fsp3) is 0.143. The van der Waals surface area contributed by atoms with E-state index in [0.29, 0.717) is 21.3 Å². The van der Waals surface area contributed by atoms with E-state index < -0.39 is 11.7 Å². The van der Waals surface area contributed by atoms with Gasteiger partial charge in [0, 0.05) is 20.6 Å². The van der Waals surface area contributed by atoms with Crippen LogP contribution in [0.3, 0.4) is 0 Å². The number of hydrogen-bond acceptors (Lipinski definition) is 1. The number of methoxy groups -OCH3 is 1. The third-order valence-electron chi connectivity index (χ3n) is 2.76. The van der Waals surface area contributed by atoms with E-state index in [1.54, 1.807) is 18.2 Å². The molecule has 0 saturated carbocycles. The Morgan fingerprint density at radius 2 is 1.75 bits per heavy atom. The molecule has 0 fully saturated rings. The van der Waals surface area contributed by atoms with Crippen molar-refractivity contribution < 1.29 is 17.9 Å². The van der Waals surface area contributed by atoms with E-state index in [1.807, 2.05) is 0 Å². The zero-order chi connectivity index (χ0) is 14.9. The molecular weight excluding hydrogens is 357 g/mol. The van der Waals surface area contributed by atoms with E-state index in [2.05, 4.69) is 15.9 Å². The molecule has 106 valence electrons. The monoisotopic (exact) mass is 364 g/mol. The Bertz CT molecular complexity index is 641. The lowest BCUT2D eigenvalue weighted by atomic mass is 10.0. The van der Waals surface area contributed by atoms with Gasteiger partial charge in [-0.15, -0.1) is 0 Å². The number of alkyl halides is 3. The average Bonchev–Trinajstić information content (AvgIpc) is 2.39. The molecule has 20 heavy (non-hydrogen) atoms. The second kappa shape index (κ2) is 5.66. The van der Waals surface area contributed by atoms with Gasteiger partial charge in [-0.1, -0.05) is 27.5 Å². The van der Waals surface area contributed by atoms with Gasteiger partial charge in [-0.3, -0.25) is 0 Å². The second-order valence-corrected chi connectivity index (χ2v) is 5.30. The molecule has 0 N–H and O–H groups in total. The molecule has 2 aromatic rings. The maximum atomic E-state index is 12.8. The minimum atomic E-state index is -4.41. The van der Waals surface area contributed by atoms with Gasteiger partial charge in [-0.25, -0.2) is 0 Å². The SMILES string of the molecule is COc1ccc(Br)c(-c2cc(C(F)(F)F)ccc2Cl)c1. The van der Waals surface area contributed by atoms with Crippen LogP contribution in [0.1, 0.15) is 5.56 Å². The maximum absolute atomic E-state index is 12.8. The van der Waals surface area contributed by atoms with Crippen molar-refractivity contribution in [1.82, 2.24) is 0 Å². The molecular formula is C14H9BrClF3O. The van der Waals surface area contributed by atoms with Crippen LogP contribution in [-0.2, 0) is 6.18 Å². The molecule has 2 rings (SSSR count). The van der Waals surface area contributed by atoms with Crippen LogP contribution in [0.25, 0.3) is 11.1 Å². The normalized spacial score (nSPS) is 11.5. The van der Waals surface area contributed by atoms with Crippen LogP contribution in [-0.4, -0.2) is 7.11 Å². The second-order valence-electron chi connectivity index (χ2n) is 4.04. The number of hydrogen-bond donors (Lipinski definition) is 0. The van der Waals surface area contributed by atoms with Crippen LogP contribution < -0.4 is 4.74 Å². The lowest BCUT2D eigenvalue weighted by Crippen LogP contribution is -2.04.